The smallest absolute Gasteiger partial charge is 0.311 e. The lowest BCUT2D eigenvalue weighted by Gasteiger charge is -2.10. The molecule has 6 heteroatoms. The van der Waals surface area contributed by atoms with Crippen molar-refractivity contribution in [2.45, 2.75) is 26.4 Å². The van der Waals surface area contributed by atoms with E-state index in [2.05, 4.69) is 10.2 Å². The van der Waals surface area contributed by atoms with Gasteiger partial charge in [-0.15, -0.1) is 10.2 Å². The molecule has 0 aliphatic carbocycles. The molecule has 0 fully saturated rings. The number of carbonyl (C=O) groups is 1. The summed E-state index contributed by atoms with van der Waals surface area (Å²) in [6.45, 7) is 3.65. The SMILES string of the molecule is COc1cc(CC(=O)OC(C)c2nnc(-c3ccccc3)o2)ccc1C. The van der Waals surface area contributed by atoms with Crippen molar-refractivity contribution < 1.29 is 18.7 Å². The van der Waals surface area contributed by atoms with Gasteiger partial charge in [-0.2, -0.15) is 0 Å². The molecule has 3 rings (SSSR count). The van der Waals surface area contributed by atoms with E-state index in [0.717, 1.165) is 22.4 Å². The minimum atomic E-state index is -0.625. The standard InChI is InChI=1S/C20H20N2O4/c1-13-9-10-15(11-17(13)24-3)12-18(23)25-14(2)19-21-22-20(26-19)16-7-5-4-6-8-16/h4-11,14H,12H2,1-3H3. The van der Waals surface area contributed by atoms with Gasteiger partial charge < -0.3 is 13.9 Å². The Kier molecular flexibility index (Phi) is 5.31. The molecule has 0 radical (unpaired) electrons. The molecule has 1 heterocycles. The molecule has 0 amide bonds. The fourth-order valence-electron chi connectivity index (χ4n) is 2.53. The molecule has 0 N–H and O–H groups in total. The van der Waals surface area contributed by atoms with Gasteiger partial charge in [0.1, 0.15) is 5.75 Å². The van der Waals surface area contributed by atoms with Crippen LogP contribution in [0.1, 0.15) is 30.0 Å². The fourth-order valence-corrected chi connectivity index (χ4v) is 2.53. The predicted octanol–water partition coefficient (Wildman–Crippen LogP) is 3.90. The molecule has 0 aliphatic rings. The molecule has 0 bridgehead atoms. The second-order valence-corrected chi connectivity index (χ2v) is 5.92. The number of hydrogen-bond acceptors (Lipinski definition) is 6. The van der Waals surface area contributed by atoms with Crippen LogP contribution in [0.25, 0.3) is 11.5 Å². The average molecular weight is 352 g/mol. The highest BCUT2D eigenvalue weighted by atomic mass is 16.6. The fraction of sp³-hybridized carbons (Fsp3) is 0.250. The molecule has 1 aromatic heterocycles. The summed E-state index contributed by atoms with van der Waals surface area (Å²) in [6.07, 6.45) is -0.486. The summed E-state index contributed by atoms with van der Waals surface area (Å²) in [4.78, 5) is 12.2. The maximum Gasteiger partial charge on any atom is 0.311 e. The monoisotopic (exact) mass is 352 g/mol. The third-order valence-electron chi connectivity index (χ3n) is 3.94. The van der Waals surface area contributed by atoms with Crippen LogP contribution < -0.4 is 4.74 Å². The largest absolute Gasteiger partial charge is 0.496 e. The van der Waals surface area contributed by atoms with Crippen LogP contribution in [0.3, 0.4) is 0 Å². The zero-order valence-corrected chi connectivity index (χ0v) is 14.9. The van der Waals surface area contributed by atoms with Crippen molar-refractivity contribution in [3.8, 4) is 17.2 Å². The molecule has 1 unspecified atom stereocenters. The summed E-state index contributed by atoms with van der Waals surface area (Å²) in [5.41, 5.74) is 2.65. The summed E-state index contributed by atoms with van der Waals surface area (Å²) in [7, 11) is 1.60. The van der Waals surface area contributed by atoms with Crippen molar-refractivity contribution in [3.05, 3.63) is 65.5 Å². The van der Waals surface area contributed by atoms with Crippen LogP contribution in [-0.4, -0.2) is 23.3 Å². The second-order valence-electron chi connectivity index (χ2n) is 5.92. The quantitative estimate of drug-likeness (QED) is 0.626. The van der Waals surface area contributed by atoms with Crippen LogP contribution in [0.5, 0.6) is 5.75 Å². The third-order valence-corrected chi connectivity index (χ3v) is 3.94. The number of carbonyl (C=O) groups excluding carboxylic acids is 1. The van der Waals surface area contributed by atoms with E-state index in [1.54, 1.807) is 14.0 Å². The Morgan fingerprint density at radius 2 is 1.92 bits per heavy atom. The van der Waals surface area contributed by atoms with E-state index in [4.69, 9.17) is 13.9 Å². The Morgan fingerprint density at radius 3 is 2.65 bits per heavy atom. The van der Waals surface area contributed by atoms with Crippen LogP contribution in [-0.2, 0) is 16.0 Å². The van der Waals surface area contributed by atoms with E-state index in [9.17, 15) is 4.79 Å². The van der Waals surface area contributed by atoms with Crippen LogP contribution >= 0.6 is 0 Å². The summed E-state index contributed by atoms with van der Waals surface area (Å²) in [5, 5.41) is 7.98. The van der Waals surface area contributed by atoms with Crippen molar-refractivity contribution in [3.63, 3.8) is 0 Å². The van der Waals surface area contributed by atoms with Gasteiger partial charge in [0.2, 0.25) is 5.89 Å². The van der Waals surface area contributed by atoms with Gasteiger partial charge in [0.15, 0.2) is 6.10 Å². The van der Waals surface area contributed by atoms with E-state index in [1.807, 2.05) is 55.5 Å². The zero-order valence-electron chi connectivity index (χ0n) is 14.9. The minimum Gasteiger partial charge on any atom is -0.496 e. The molecular weight excluding hydrogens is 332 g/mol. The van der Waals surface area contributed by atoms with Crippen molar-refractivity contribution >= 4 is 5.97 Å². The van der Waals surface area contributed by atoms with Gasteiger partial charge in [0.05, 0.1) is 13.5 Å². The Balaban J connectivity index is 1.63. The van der Waals surface area contributed by atoms with Gasteiger partial charge in [0, 0.05) is 5.56 Å². The lowest BCUT2D eigenvalue weighted by Crippen LogP contribution is -2.12. The van der Waals surface area contributed by atoms with E-state index >= 15 is 0 Å². The van der Waals surface area contributed by atoms with E-state index in [-0.39, 0.29) is 18.3 Å². The number of ether oxygens (including phenoxy) is 2. The molecule has 3 aromatic rings. The first kappa shape index (κ1) is 17.7. The van der Waals surface area contributed by atoms with Crippen molar-refractivity contribution in [1.82, 2.24) is 10.2 Å². The highest BCUT2D eigenvalue weighted by Crippen LogP contribution is 2.23. The molecule has 2 aromatic carbocycles. The van der Waals surface area contributed by atoms with E-state index in [1.165, 1.54) is 0 Å². The number of aryl methyl sites for hydroxylation is 1. The Morgan fingerprint density at radius 1 is 1.15 bits per heavy atom. The lowest BCUT2D eigenvalue weighted by atomic mass is 10.1. The van der Waals surface area contributed by atoms with Crippen LogP contribution in [0.15, 0.2) is 52.9 Å². The highest BCUT2D eigenvalue weighted by molar-refractivity contribution is 5.73. The topological polar surface area (TPSA) is 74.5 Å². The van der Waals surface area contributed by atoms with Gasteiger partial charge in [-0.25, -0.2) is 0 Å². The molecule has 26 heavy (non-hydrogen) atoms. The number of rotatable bonds is 6. The molecule has 0 spiro atoms. The first-order chi connectivity index (χ1) is 12.6. The predicted molar refractivity (Wildman–Crippen MR) is 95.7 cm³/mol. The van der Waals surface area contributed by atoms with Gasteiger partial charge >= 0.3 is 5.97 Å². The van der Waals surface area contributed by atoms with Gasteiger partial charge in [-0.1, -0.05) is 30.3 Å². The van der Waals surface area contributed by atoms with Gasteiger partial charge in [0.25, 0.3) is 5.89 Å². The van der Waals surface area contributed by atoms with Crippen molar-refractivity contribution in [2.24, 2.45) is 0 Å². The highest BCUT2D eigenvalue weighted by Gasteiger charge is 2.19. The number of hydrogen-bond donors (Lipinski definition) is 0. The van der Waals surface area contributed by atoms with E-state index < -0.39 is 6.10 Å². The second kappa shape index (κ2) is 7.82. The molecule has 6 nitrogen and oxygen atoms in total. The zero-order chi connectivity index (χ0) is 18.5. The number of methoxy groups -OCH3 is 1. The Bertz CT molecular complexity index is 890. The minimum absolute atomic E-state index is 0.140. The summed E-state index contributed by atoms with van der Waals surface area (Å²) < 4.78 is 16.3. The molecule has 134 valence electrons. The van der Waals surface area contributed by atoms with E-state index in [0.29, 0.717) is 5.89 Å². The number of aromatic nitrogens is 2. The van der Waals surface area contributed by atoms with Crippen molar-refractivity contribution in [2.75, 3.05) is 7.11 Å². The average Bonchev–Trinajstić information content (AvgIpc) is 3.14. The maximum atomic E-state index is 12.2. The van der Waals surface area contributed by atoms with Crippen LogP contribution in [0.2, 0.25) is 0 Å². The normalized spacial score (nSPS) is 11.8. The molecule has 0 aliphatic heterocycles. The van der Waals surface area contributed by atoms with Crippen LogP contribution in [0, 0.1) is 6.92 Å². The van der Waals surface area contributed by atoms with Crippen LogP contribution in [0.4, 0.5) is 0 Å². The Hall–Kier alpha value is -3.15. The third kappa shape index (κ3) is 4.08. The lowest BCUT2D eigenvalue weighted by molar-refractivity contribution is -0.148. The summed E-state index contributed by atoms with van der Waals surface area (Å²) in [5.74, 6) is 1.03. The first-order valence-electron chi connectivity index (χ1n) is 8.28. The summed E-state index contributed by atoms with van der Waals surface area (Å²) in [6, 6.07) is 15.1. The first-order valence-corrected chi connectivity index (χ1v) is 8.28. The Labute approximate surface area is 151 Å². The number of benzene rings is 2. The molecule has 1 atom stereocenters. The maximum absolute atomic E-state index is 12.2. The molecular formula is C20H20N2O4. The number of esters is 1. The summed E-state index contributed by atoms with van der Waals surface area (Å²) >= 11 is 0. The van der Waals surface area contributed by atoms with Gasteiger partial charge in [-0.05, 0) is 43.2 Å². The van der Waals surface area contributed by atoms with Crippen molar-refractivity contribution in [1.29, 1.82) is 0 Å². The number of nitrogens with zero attached hydrogens (tertiary/aromatic N) is 2. The molecule has 0 saturated carbocycles. The van der Waals surface area contributed by atoms with Gasteiger partial charge in [-0.3, -0.25) is 4.79 Å². The molecule has 0 saturated heterocycles.